The normalized spacial score (nSPS) is 24.6. The van der Waals surface area contributed by atoms with Gasteiger partial charge >= 0.3 is 0 Å². The summed E-state index contributed by atoms with van der Waals surface area (Å²) in [5.41, 5.74) is 0. The number of hydrogen-bond donors (Lipinski definition) is 0. The Morgan fingerprint density at radius 1 is 1.40 bits per heavy atom. The van der Waals surface area contributed by atoms with Crippen LogP contribution >= 0.6 is 0 Å². The van der Waals surface area contributed by atoms with Crippen LogP contribution in [0, 0.1) is 0 Å². The van der Waals surface area contributed by atoms with Crippen molar-refractivity contribution >= 4 is 5.78 Å². The molecule has 2 heteroatoms. The standard InChI is InChI=1S/C8H12O2/c9-8-4-2-1-3-6-10-7-5-8/h2,4H,1,3,5-7H2/b4-2-. The van der Waals surface area contributed by atoms with Crippen LogP contribution in [0.1, 0.15) is 19.3 Å². The minimum atomic E-state index is 0.182. The Morgan fingerprint density at radius 3 is 3.20 bits per heavy atom. The molecule has 56 valence electrons. The molecule has 0 spiro atoms. The van der Waals surface area contributed by atoms with Crippen LogP contribution in [0.3, 0.4) is 0 Å². The largest absolute Gasteiger partial charge is 0.381 e. The summed E-state index contributed by atoms with van der Waals surface area (Å²) >= 11 is 0. The summed E-state index contributed by atoms with van der Waals surface area (Å²) in [6.07, 6.45) is 6.12. The molecular weight excluding hydrogens is 128 g/mol. The Labute approximate surface area is 60.9 Å². The van der Waals surface area contributed by atoms with E-state index in [9.17, 15) is 4.79 Å². The quantitative estimate of drug-likeness (QED) is 0.507. The summed E-state index contributed by atoms with van der Waals surface area (Å²) in [7, 11) is 0. The summed E-state index contributed by atoms with van der Waals surface area (Å²) < 4.78 is 5.16. The number of hydrogen-bond acceptors (Lipinski definition) is 2. The Balaban J connectivity index is 2.35. The Kier molecular flexibility index (Phi) is 3.16. The Hall–Kier alpha value is -0.630. The van der Waals surface area contributed by atoms with Crippen LogP contribution in [-0.4, -0.2) is 19.0 Å². The van der Waals surface area contributed by atoms with Crippen LogP contribution in [0.25, 0.3) is 0 Å². The van der Waals surface area contributed by atoms with Crippen molar-refractivity contribution in [1.82, 2.24) is 0 Å². The first-order valence-electron chi connectivity index (χ1n) is 3.67. The molecule has 0 aliphatic carbocycles. The maximum absolute atomic E-state index is 10.8. The monoisotopic (exact) mass is 140 g/mol. The van der Waals surface area contributed by atoms with Crippen LogP contribution in [0.2, 0.25) is 0 Å². The lowest BCUT2D eigenvalue weighted by Crippen LogP contribution is -2.00. The van der Waals surface area contributed by atoms with Crippen molar-refractivity contribution in [1.29, 1.82) is 0 Å². The molecule has 1 rings (SSSR count). The fourth-order valence-corrected chi connectivity index (χ4v) is 0.876. The molecular formula is C8H12O2. The summed E-state index contributed by atoms with van der Waals surface area (Å²) in [4.78, 5) is 10.8. The Bertz CT molecular complexity index is 138. The predicted octanol–water partition coefficient (Wildman–Crippen LogP) is 1.31. The number of ether oxygens (including phenoxy) is 1. The van der Waals surface area contributed by atoms with Crippen LogP contribution in [-0.2, 0) is 9.53 Å². The molecule has 0 N–H and O–H groups in total. The van der Waals surface area contributed by atoms with E-state index < -0.39 is 0 Å². The highest BCUT2D eigenvalue weighted by molar-refractivity contribution is 5.89. The van der Waals surface area contributed by atoms with Gasteiger partial charge in [0.05, 0.1) is 6.61 Å². The van der Waals surface area contributed by atoms with E-state index in [0.29, 0.717) is 13.0 Å². The van der Waals surface area contributed by atoms with Crippen molar-refractivity contribution in [2.75, 3.05) is 13.2 Å². The number of allylic oxidation sites excluding steroid dienone is 2. The van der Waals surface area contributed by atoms with E-state index >= 15 is 0 Å². The lowest BCUT2D eigenvalue weighted by molar-refractivity contribution is -0.115. The van der Waals surface area contributed by atoms with Gasteiger partial charge in [0.15, 0.2) is 5.78 Å². The summed E-state index contributed by atoms with van der Waals surface area (Å²) in [6, 6.07) is 0. The molecule has 0 bridgehead atoms. The van der Waals surface area contributed by atoms with Gasteiger partial charge in [-0.25, -0.2) is 0 Å². The molecule has 0 atom stereocenters. The first-order chi connectivity index (χ1) is 4.89. The smallest absolute Gasteiger partial charge is 0.157 e. The second-order valence-corrected chi connectivity index (χ2v) is 2.37. The second kappa shape index (κ2) is 4.23. The minimum Gasteiger partial charge on any atom is -0.381 e. The lowest BCUT2D eigenvalue weighted by atomic mass is 10.2. The molecule has 1 heterocycles. The van der Waals surface area contributed by atoms with Gasteiger partial charge in [0.2, 0.25) is 0 Å². The molecule has 0 radical (unpaired) electrons. The molecule has 0 aromatic carbocycles. The maximum atomic E-state index is 10.8. The molecule has 0 unspecified atom stereocenters. The topological polar surface area (TPSA) is 26.3 Å². The molecule has 1 aliphatic rings. The van der Waals surface area contributed by atoms with Gasteiger partial charge in [-0.15, -0.1) is 0 Å². The van der Waals surface area contributed by atoms with Crippen LogP contribution in [0.15, 0.2) is 12.2 Å². The zero-order valence-electron chi connectivity index (χ0n) is 6.01. The van der Waals surface area contributed by atoms with Crippen molar-refractivity contribution in [3.8, 4) is 0 Å². The molecule has 0 fully saturated rings. The summed E-state index contributed by atoms with van der Waals surface area (Å²) in [5, 5.41) is 0. The minimum absolute atomic E-state index is 0.182. The average Bonchev–Trinajstić information content (AvgIpc) is 2.02. The van der Waals surface area contributed by atoms with Crippen molar-refractivity contribution in [3.63, 3.8) is 0 Å². The predicted molar refractivity (Wildman–Crippen MR) is 38.8 cm³/mol. The zero-order valence-corrected chi connectivity index (χ0v) is 6.01. The van der Waals surface area contributed by atoms with E-state index in [1.165, 1.54) is 0 Å². The molecule has 0 aromatic rings. The van der Waals surface area contributed by atoms with Crippen molar-refractivity contribution in [2.45, 2.75) is 19.3 Å². The van der Waals surface area contributed by atoms with Gasteiger partial charge in [-0.3, -0.25) is 4.79 Å². The first kappa shape index (κ1) is 7.48. The van der Waals surface area contributed by atoms with E-state index in [2.05, 4.69) is 0 Å². The van der Waals surface area contributed by atoms with Gasteiger partial charge in [-0.05, 0) is 18.9 Å². The van der Waals surface area contributed by atoms with E-state index in [1.807, 2.05) is 6.08 Å². The number of rotatable bonds is 0. The Morgan fingerprint density at radius 2 is 2.30 bits per heavy atom. The van der Waals surface area contributed by atoms with E-state index in [4.69, 9.17) is 4.74 Å². The molecule has 0 amide bonds. The third-order valence-corrected chi connectivity index (χ3v) is 1.46. The molecule has 1 aliphatic heterocycles. The molecule has 10 heavy (non-hydrogen) atoms. The third-order valence-electron chi connectivity index (χ3n) is 1.46. The van der Waals surface area contributed by atoms with E-state index in [1.54, 1.807) is 6.08 Å². The maximum Gasteiger partial charge on any atom is 0.157 e. The summed E-state index contributed by atoms with van der Waals surface area (Å²) in [5.74, 6) is 0.182. The van der Waals surface area contributed by atoms with Gasteiger partial charge in [0, 0.05) is 13.0 Å². The molecule has 0 saturated carbocycles. The van der Waals surface area contributed by atoms with Crippen molar-refractivity contribution in [3.05, 3.63) is 12.2 Å². The highest BCUT2D eigenvalue weighted by atomic mass is 16.5. The van der Waals surface area contributed by atoms with Crippen molar-refractivity contribution < 1.29 is 9.53 Å². The SMILES string of the molecule is O=C1/C=C\CCCOCC1. The zero-order chi connectivity index (χ0) is 7.23. The van der Waals surface area contributed by atoms with Gasteiger partial charge in [0.25, 0.3) is 0 Å². The third kappa shape index (κ3) is 2.78. The molecule has 0 saturated heterocycles. The van der Waals surface area contributed by atoms with Gasteiger partial charge in [-0.2, -0.15) is 0 Å². The fourth-order valence-electron chi connectivity index (χ4n) is 0.876. The number of carbonyl (C=O) groups excluding carboxylic acids is 1. The fraction of sp³-hybridized carbons (Fsp3) is 0.625. The number of ketones is 1. The highest BCUT2D eigenvalue weighted by Gasteiger charge is 1.98. The lowest BCUT2D eigenvalue weighted by Gasteiger charge is -1.97. The average molecular weight is 140 g/mol. The van der Waals surface area contributed by atoms with Gasteiger partial charge < -0.3 is 4.74 Å². The van der Waals surface area contributed by atoms with Gasteiger partial charge in [0.1, 0.15) is 0 Å². The number of carbonyl (C=O) groups is 1. The van der Waals surface area contributed by atoms with E-state index in [0.717, 1.165) is 19.4 Å². The van der Waals surface area contributed by atoms with E-state index in [-0.39, 0.29) is 5.78 Å². The first-order valence-corrected chi connectivity index (χ1v) is 3.67. The molecule has 2 nitrogen and oxygen atoms in total. The van der Waals surface area contributed by atoms with Crippen LogP contribution < -0.4 is 0 Å². The second-order valence-electron chi connectivity index (χ2n) is 2.37. The highest BCUT2D eigenvalue weighted by Crippen LogP contribution is 1.98. The van der Waals surface area contributed by atoms with Crippen LogP contribution in [0.4, 0.5) is 0 Å². The van der Waals surface area contributed by atoms with Crippen LogP contribution in [0.5, 0.6) is 0 Å². The molecule has 0 aromatic heterocycles. The van der Waals surface area contributed by atoms with Gasteiger partial charge in [-0.1, -0.05) is 6.08 Å². The van der Waals surface area contributed by atoms with Crippen molar-refractivity contribution in [2.24, 2.45) is 0 Å². The summed E-state index contributed by atoms with van der Waals surface area (Å²) in [6.45, 7) is 1.38.